The third-order valence-electron chi connectivity index (χ3n) is 3.07. The van der Waals surface area contributed by atoms with Crippen LogP contribution in [0.4, 0.5) is 11.4 Å². The molecule has 0 bridgehead atoms. The van der Waals surface area contributed by atoms with Crippen LogP contribution in [-0.2, 0) is 10.0 Å². The van der Waals surface area contributed by atoms with Crippen molar-refractivity contribution in [1.29, 1.82) is 0 Å². The Morgan fingerprint density at radius 2 is 2.22 bits per heavy atom. The van der Waals surface area contributed by atoms with Gasteiger partial charge < -0.3 is 10.6 Å². The van der Waals surface area contributed by atoms with Gasteiger partial charge >= 0.3 is 0 Å². The summed E-state index contributed by atoms with van der Waals surface area (Å²) in [5.74, 6) is 0. The number of nitrogen functional groups attached to an aromatic ring is 1. The average molecular weight is 269 g/mol. The summed E-state index contributed by atoms with van der Waals surface area (Å²) in [6, 6.07) is 5.07. The Bertz CT molecular complexity index is 528. The monoisotopic (exact) mass is 269 g/mol. The van der Waals surface area contributed by atoms with Crippen LogP contribution in [0, 0.1) is 0 Å². The highest BCUT2D eigenvalue weighted by atomic mass is 32.2. The van der Waals surface area contributed by atoms with Gasteiger partial charge in [-0.15, -0.1) is 0 Å². The van der Waals surface area contributed by atoms with Gasteiger partial charge in [-0.3, -0.25) is 0 Å². The van der Waals surface area contributed by atoms with Gasteiger partial charge in [-0.1, -0.05) is 13.3 Å². The molecular weight excluding hydrogens is 250 g/mol. The summed E-state index contributed by atoms with van der Waals surface area (Å²) < 4.78 is 26.7. The molecule has 0 fully saturated rings. The van der Waals surface area contributed by atoms with Gasteiger partial charge in [0.05, 0.1) is 5.69 Å². The van der Waals surface area contributed by atoms with Gasteiger partial charge in [-0.05, 0) is 24.6 Å². The summed E-state index contributed by atoms with van der Waals surface area (Å²) in [4.78, 5) is 2.40. The van der Waals surface area contributed by atoms with E-state index >= 15 is 0 Å². The number of unbranched alkanes of at least 4 members (excludes halogenated alkanes) is 1. The minimum atomic E-state index is -3.43. The van der Waals surface area contributed by atoms with Gasteiger partial charge in [0.2, 0.25) is 10.0 Å². The summed E-state index contributed by atoms with van der Waals surface area (Å²) in [7, 11) is -3.43. The standard InChI is InChI=1S/C12H19N3O2S/c1-2-3-7-15-8-6-14-18(16,17)12-9-10(13)4-5-11(12)15/h4-5,9,14H,2-3,6-8,13H2,1H3. The fourth-order valence-corrected chi connectivity index (χ4v) is 3.38. The number of nitrogens with zero attached hydrogens (tertiary/aromatic N) is 1. The predicted octanol–water partition coefficient (Wildman–Crippen LogP) is 1.17. The van der Waals surface area contributed by atoms with Crippen molar-refractivity contribution < 1.29 is 8.42 Å². The lowest BCUT2D eigenvalue weighted by Crippen LogP contribution is -2.30. The molecule has 6 heteroatoms. The third-order valence-corrected chi connectivity index (χ3v) is 4.56. The maximum absolute atomic E-state index is 12.1. The number of benzene rings is 1. The molecule has 18 heavy (non-hydrogen) atoms. The van der Waals surface area contributed by atoms with E-state index in [1.807, 2.05) is 0 Å². The second-order valence-corrected chi connectivity index (χ2v) is 6.20. The zero-order valence-electron chi connectivity index (χ0n) is 10.5. The van der Waals surface area contributed by atoms with E-state index in [0.29, 0.717) is 18.8 Å². The largest absolute Gasteiger partial charge is 0.399 e. The van der Waals surface area contributed by atoms with Crippen LogP contribution in [0.3, 0.4) is 0 Å². The van der Waals surface area contributed by atoms with E-state index in [4.69, 9.17) is 5.73 Å². The Morgan fingerprint density at radius 3 is 2.94 bits per heavy atom. The lowest BCUT2D eigenvalue weighted by atomic mass is 10.2. The van der Waals surface area contributed by atoms with Crippen molar-refractivity contribution in [2.45, 2.75) is 24.7 Å². The average Bonchev–Trinajstić information content (AvgIpc) is 2.44. The third kappa shape index (κ3) is 2.59. The number of rotatable bonds is 3. The van der Waals surface area contributed by atoms with Crippen LogP contribution in [0.1, 0.15) is 19.8 Å². The first kappa shape index (κ1) is 13.2. The fraction of sp³-hybridized carbons (Fsp3) is 0.500. The molecule has 0 radical (unpaired) electrons. The van der Waals surface area contributed by atoms with Gasteiger partial charge in [-0.25, -0.2) is 13.1 Å². The first-order valence-electron chi connectivity index (χ1n) is 6.19. The van der Waals surface area contributed by atoms with Gasteiger partial charge in [0.25, 0.3) is 0 Å². The molecule has 1 aromatic carbocycles. The summed E-state index contributed by atoms with van der Waals surface area (Å²) in [6.45, 7) is 4.11. The Hall–Kier alpha value is -1.27. The molecule has 1 aliphatic rings. The van der Waals surface area contributed by atoms with Crippen LogP contribution in [-0.4, -0.2) is 28.1 Å². The van der Waals surface area contributed by atoms with Crippen LogP contribution < -0.4 is 15.4 Å². The Balaban J connectivity index is 2.45. The quantitative estimate of drug-likeness (QED) is 0.808. The van der Waals surface area contributed by atoms with E-state index in [1.165, 1.54) is 6.07 Å². The maximum atomic E-state index is 12.1. The molecule has 0 saturated carbocycles. The molecule has 0 unspecified atom stereocenters. The highest BCUT2D eigenvalue weighted by Crippen LogP contribution is 2.29. The molecule has 1 heterocycles. The molecule has 0 aromatic heterocycles. The second-order valence-electron chi connectivity index (χ2n) is 4.47. The number of nitrogens with one attached hydrogen (secondary N) is 1. The number of nitrogens with two attached hydrogens (primary N) is 1. The highest BCUT2D eigenvalue weighted by Gasteiger charge is 2.25. The van der Waals surface area contributed by atoms with Crippen molar-refractivity contribution in [3.63, 3.8) is 0 Å². The van der Waals surface area contributed by atoms with Gasteiger partial charge in [0.1, 0.15) is 4.90 Å². The molecule has 0 aliphatic carbocycles. The van der Waals surface area contributed by atoms with E-state index in [2.05, 4.69) is 16.5 Å². The van der Waals surface area contributed by atoms with E-state index in [-0.39, 0.29) is 4.90 Å². The first-order valence-corrected chi connectivity index (χ1v) is 7.67. The van der Waals surface area contributed by atoms with E-state index in [0.717, 1.165) is 25.1 Å². The Morgan fingerprint density at radius 1 is 1.44 bits per heavy atom. The van der Waals surface area contributed by atoms with Crippen molar-refractivity contribution in [2.24, 2.45) is 0 Å². The lowest BCUT2D eigenvalue weighted by Gasteiger charge is -2.23. The second kappa shape index (κ2) is 5.16. The summed E-state index contributed by atoms with van der Waals surface area (Å²) in [6.07, 6.45) is 2.13. The zero-order valence-corrected chi connectivity index (χ0v) is 11.3. The van der Waals surface area contributed by atoms with Crippen molar-refractivity contribution in [2.75, 3.05) is 30.3 Å². The smallest absolute Gasteiger partial charge is 0.242 e. The lowest BCUT2D eigenvalue weighted by molar-refractivity contribution is 0.584. The van der Waals surface area contributed by atoms with Crippen LogP contribution in [0.25, 0.3) is 0 Å². The fourth-order valence-electron chi connectivity index (χ4n) is 2.10. The minimum Gasteiger partial charge on any atom is -0.399 e. The maximum Gasteiger partial charge on any atom is 0.242 e. The number of fused-ring (bicyclic) bond motifs is 1. The van der Waals surface area contributed by atoms with Gasteiger partial charge in [-0.2, -0.15) is 0 Å². The SMILES string of the molecule is CCCCN1CCNS(=O)(=O)c2cc(N)ccc21. The van der Waals surface area contributed by atoms with E-state index < -0.39 is 10.0 Å². The number of sulfonamides is 1. The molecule has 0 spiro atoms. The van der Waals surface area contributed by atoms with Crippen LogP contribution in [0.15, 0.2) is 23.1 Å². The number of anilines is 2. The molecule has 2 rings (SSSR count). The molecular formula is C12H19N3O2S. The summed E-state index contributed by atoms with van der Waals surface area (Å²) in [5, 5.41) is 0. The number of hydrogen-bond acceptors (Lipinski definition) is 4. The molecule has 0 atom stereocenters. The van der Waals surface area contributed by atoms with Crippen molar-refractivity contribution >= 4 is 21.4 Å². The van der Waals surface area contributed by atoms with Crippen molar-refractivity contribution in [1.82, 2.24) is 4.72 Å². The number of hydrogen-bond donors (Lipinski definition) is 2. The highest BCUT2D eigenvalue weighted by molar-refractivity contribution is 7.89. The summed E-state index contributed by atoms with van der Waals surface area (Å²) >= 11 is 0. The zero-order chi connectivity index (χ0) is 13.2. The molecule has 3 N–H and O–H groups in total. The first-order chi connectivity index (χ1) is 8.54. The topological polar surface area (TPSA) is 75.4 Å². The summed E-state index contributed by atoms with van der Waals surface area (Å²) in [5.41, 5.74) is 6.91. The molecule has 0 saturated heterocycles. The Labute approximate surface area is 108 Å². The van der Waals surface area contributed by atoms with Crippen molar-refractivity contribution in [3.05, 3.63) is 18.2 Å². The van der Waals surface area contributed by atoms with Crippen LogP contribution in [0.5, 0.6) is 0 Å². The molecule has 1 aliphatic heterocycles. The van der Waals surface area contributed by atoms with Crippen LogP contribution in [0.2, 0.25) is 0 Å². The normalized spacial score (nSPS) is 18.2. The molecule has 0 amide bonds. The van der Waals surface area contributed by atoms with E-state index in [9.17, 15) is 8.42 Å². The minimum absolute atomic E-state index is 0.288. The van der Waals surface area contributed by atoms with Gasteiger partial charge in [0, 0.05) is 25.3 Å². The molecule has 5 nitrogen and oxygen atoms in total. The Kier molecular flexibility index (Phi) is 3.77. The van der Waals surface area contributed by atoms with Crippen LogP contribution >= 0.6 is 0 Å². The van der Waals surface area contributed by atoms with E-state index in [1.54, 1.807) is 12.1 Å². The predicted molar refractivity (Wildman–Crippen MR) is 73.2 cm³/mol. The van der Waals surface area contributed by atoms with Gasteiger partial charge in [0.15, 0.2) is 0 Å². The van der Waals surface area contributed by atoms with Crippen molar-refractivity contribution in [3.8, 4) is 0 Å². The molecule has 100 valence electrons. The molecule has 1 aromatic rings.